The summed E-state index contributed by atoms with van der Waals surface area (Å²) < 4.78 is 30.0. The van der Waals surface area contributed by atoms with Crippen LogP contribution in [0.25, 0.3) is 0 Å². The summed E-state index contributed by atoms with van der Waals surface area (Å²) in [5.41, 5.74) is 0.310. The first-order chi connectivity index (χ1) is 11.4. The van der Waals surface area contributed by atoms with Gasteiger partial charge >= 0.3 is 0 Å². The van der Waals surface area contributed by atoms with Gasteiger partial charge < -0.3 is 15.4 Å². The molecule has 0 bridgehead atoms. The van der Waals surface area contributed by atoms with Crippen LogP contribution < -0.4 is 15.4 Å². The molecule has 1 saturated carbocycles. The molecule has 0 amide bonds. The Labute approximate surface area is 147 Å². The number of sulfonamides is 1. The van der Waals surface area contributed by atoms with E-state index < -0.39 is 10.0 Å². The molecule has 7 nitrogen and oxygen atoms in total. The molecule has 1 aliphatic rings. The zero-order chi connectivity index (χ0) is 17.9. The molecular weight excluding hydrogens is 328 g/mol. The van der Waals surface area contributed by atoms with Crippen LogP contribution in [0.5, 0.6) is 0 Å². The molecule has 0 saturated heterocycles. The molecule has 8 heteroatoms. The summed E-state index contributed by atoms with van der Waals surface area (Å²) in [6.45, 7) is 5.64. The van der Waals surface area contributed by atoms with E-state index in [0.717, 1.165) is 32.1 Å². The van der Waals surface area contributed by atoms with E-state index in [1.54, 1.807) is 7.05 Å². The van der Waals surface area contributed by atoms with Crippen LogP contribution in [-0.2, 0) is 14.8 Å². The van der Waals surface area contributed by atoms with E-state index in [1.807, 2.05) is 6.92 Å². The topological polar surface area (TPSA) is 91.8 Å². The highest BCUT2D eigenvalue weighted by Gasteiger charge is 2.33. The first-order valence-electron chi connectivity index (χ1n) is 8.88. The van der Waals surface area contributed by atoms with E-state index in [-0.39, 0.29) is 0 Å². The Hall–Kier alpha value is -0.860. The summed E-state index contributed by atoms with van der Waals surface area (Å²) in [4.78, 5) is 4.25. The Morgan fingerprint density at radius 3 is 2.50 bits per heavy atom. The molecule has 1 rings (SSSR count). The Bertz CT molecular complexity index is 474. The van der Waals surface area contributed by atoms with E-state index in [2.05, 4.69) is 20.3 Å². The van der Waals surface area contributed by atoms with Gasteiger partial charge in [0.25, 0.3) is 0 Å². The monoisotopic (exact) mass is 362 g/mol. The van der Waals surface area contributed by atoms with Crippen molar-refractivity contribution in [1.29, 1.82) is 0 Å². The van der Waals surface area contributed by atoms with Crippen LogP contribution in [0, 0.1) is 5.41 Å². The highest BCUT2D eigenvalue weighted by Crippen LogP contribution is 2.40. The Morgan fingerprint density at radius 2 is 1.92 bits per heavy atom. The predicted molar refractivity (Wildman–Crippen MR) is 98.8 cm³/mol. The lowest BCUT2D eigenvalue weighted by Crippen LogP contribution is -2.44. The third-order valence-corrected chi connectivity index (χ3v) is 5.24. The van der Waals surface area contributed by atoms with Gasteiger partial charge in [0.2, 0.25) is 10.0 Å². The number of hydrogen-bond donors (Lipinski definition) is 3. The van der Waals surface area contributed by atoms with Crippen LogP contribution in [0.1, 0.15) is 45.4 Å². The van der Waals surface area contributed by atoms with Crippen molar-refractivity contribution < 1.29 is 13.2 Å². The van der Waals surface area contributed by atoms with Crippen molar-refractivity contribution in [3.05, 3.63) is 0 Å². The molecule has 0 unspecified atom stereocenters. The molecule has 1 fully saturated rings. The minimum Gasteiger partial charge on any atom is -0.382 e. The summed E-state index contributed by atoms with van der Waals surface area (Å²) >= 11 is 0. The van der Waals surface area contributed by atoms with Gasteiger partial charge in [-0.3, -0.25) is 4.99 Å². The predicted octanol–water partition coefficient (Wildman–Crippen LogP) is 1.08. The Balaban J connectivity index is 2.30. The number of rotatable bonds is 11. The minimum absolute atomic E-state index is 0.310. The van der Waals surface area contributed by atoms with Crippen LogP contribution >= 0.6 is 0 Å². The number of ether oxygens (including phenoxy) is 1. The second kappa shape index (κ2) is 10.9. The molecule has 24 heavy (non-hydrogen) atoms. The number of hydrogen-bond acceptors (Lipinski definition) is 4. The maximum atomic E-state index is 11.0. The molecule has 0 aliphatic heterocycles. The Kier molecular flexibility index (Phi) is 9.61. The molecule has 1 aliphatic carbocycles. The lowest BCUT2D eigenvalue weighted by molar-refractivity contribution is 0.105. The molecule has 0 aromatic heterocycles. The molecule has 0 heterocycles. The lowest BCUT2D eigenvalue weighted by atomic mass is 9.83. The number of nitrogens with zero attached hydrogens (tertiary/aromatic N) is 1. The molecule has 0 atom stereocenters. The van der Waals surface area contributed by atoms with Gasteiger partial charge in [0.1, 0.15) is 0 Å². The van der Waals surface area contributed by atoms with Crippen LogP contribution in [0.4, 0.5) is 0 Å². The van der Waals surface area contributed by atoms with Crippen LogP contribution in [0.15, 0.2) is 4.99 Å². The van der Waals surface area contributed by atoms with E-state index in [1.165, 1.54) is 31.9 Å². The van der Waals surface area contributed by atoms with E-state index in [4.69, 9.17) is 4.74 Å². The number of aliphatic imine (C=N–C) groups is 1. The van der Waals surface area contributed by atoms with Gasteiger partial charge in [0.05, 0.1) is 6.26 Å². The third-order valence-electron chi connectivity index (χ3n) is 4.51. The van der Waals surface area contributed by atoms with Crippen molar-refractivity contribution in [3.8, 4) is 0 Å². The fourth-order valence-corrected chi connectivity index (χ4v) is 3.63. The van der Waals surface area contributed by atoms with Gasteiger partial charge in [-0.25, -0.2) is 13.1 Å². The molecule has 0 spiro atoms. The van der Waals surface area contributed by atoms with Gasteiger partial charge in [-0.1, -0.05) is 12.8 Å². The maximum absolute atomic E-state index is 11.0. The van der Waals surface area contributed by atoms with E-state index in [9.17, 15) is 8.42 Å². The summed E-state index contributed by atoms with van der Waals surface area (Å²) in [6, 6.07) is 0. The normalized spacial score (nSPS) is 17.9. The molecule has 3 N–H and O–H groups in total. The summed E-state index contributed by atoms with van der Waals surface area (Å²) in [6.07, 6.45) is 8.02. The average Bonchev–Trinajstić information content (AvgIpc) is 2.98. The quantitative estimate of drug-likeness (QED) is 0.291. The van der Waals surface area contributed by atoms with Gasteiger partial charge in [0, 0.05) is 39.9 Å². The summed E-state index contributed by atoms with van der Waals surface area (Å²) in [5.74, 6) is 0.775. The van der Waals surface area contributed by atoms with Crippen molar-refractivity contribution in [1.82, 2.24) is 15.4 Å². The van der Waals surface area contributed by atoms with Crippen molar-refractivity contribution in [2.45, 2.75) is 45.4 Å². The van der Waals surface area contributed by atoms with Gasteiger partial charge in [0.15, 0.2) is 5.96 Å². The summed E-state index contributed by atoms with van der Waals surface area (Å²) in [7, 11) is -1.35. The van der Waals surface area contributed by atoms with Crippen molar-refractivity contribution in [3.63, 3.8) is 0 Å². The first kappa shape index (κ1) is 21.2. The zero-order valence-electron chi connectivity index (χ0n) is 15.4. The van der Waals surface area contributed by atoms with Gasteiger partial charge in [-0.15, -0.1) is 0 Å². The lowest BCUT2D eigenvalue weighted by Gasteiger charge is -2.30. The SMILES string of the molecule is CCOCCC1(CNC(=NC)NCCCNS(C)(=O)=O)CCCC1. The third kappa shape index (κ3) is 8.84. The highest BCUT2D eigenvalue weighted by molar-refractivity contribution is 7.88. The first-order valence-corrected chi connectivity index (χ1v) is 10.8. The zero-order valence-corrected chi connectivity index (χ0v) is 16.2. The smallest absolute Gasteiger partial charge is 0.208 e. The van der Waals surface area contributed by atoms with Crippen LogP contribution in [0.3, 0.4) is 0 Å². The summed E-state index contributed by atoms with van der Waals surface area (Å²) in [5, 5.41) is 6.67. The second-order valence-corrected chi connectivity index (χ2v) is 8.36. The number of nitrogens with one attached hydrogen (secondary N) is 3. The van der Waals surface area contributed by atoms with Gasteiger partial charge in [-0.2, -0.15) is 0 Å². The van der Waals surface area contributed by atoms with Crippen molar-refractivity contribution in [2.75, 3.05) is 46.2 Å². The molecule has 142 valence electrons. The average molecular weight is 363 g/mol. The van der Waals surface area contributed by atoms with E-state index >= 15 is 0 Å². The Morgan fingerprint density at radius 1 is 1.21 bits per heavy atom. The number of guanidine groups is 1. The fourth-order valence-electron chi connectivity index (χ4n) is 3.12. The molecule has 0 aromatic carbocycles. The second-order valence-electron chi connectivity index (χ2n) is 6.53. The highest BCUT2D eigenvalue weighted by atomic mass is 32.2. The minimum atomic E-state index is -3.11. The van der Waals surface area contributed by atoms with Crippen molar-refractivity contribution in [2.24, 2.45) is 10.4 Å². The molecule has 0 aromatic rings. The van der Waals surface area contributed by atoms with E-state index in [0.29, 0.717) is 24.9 Å². The fraction of sp³-hybridized carbons (Fsp3) is 0.938. The largest absolute Gasteiger partial charge is 0.382 e. The van der Waals surface area contributed by atoms with Crippen LogP contribution in [0.2, 0.25) is 0 Å². The van der Waals surface area contributed by atoms with Crippen LogP contribution in [-0.4, -0.2) is 60.5 Å². The van der Waals surface area contributed by atoms with Crippen molar-refractivity contribution >= 4 is 16.0 Å². The molecule has 0 radical (unpaired) electrons. The van der Waals surface area contributed by atoms with Gasteiger partial charge in [-0.05, 0) is 38.0 Å². The maximum Gasteiger partial charge on any atom is 0.208 e. The molecular formula is C16H34N4O3S. The standard InChI is InChI=1S/C16H34N4O3S/c1-4-23-13-10-16(8-5-6-9-16)14-19-15(17-2)18-11-7-12-20-24(3,21)22/h20H,4-14H2,1-3H3,(H2,17,18,19).